The summed E-state index contributed by atoms with van der Waals surface area (Å²) < 4.78 is 16.1. The van der Waals surface area contributed by atoms with E-state index in [-0.39, 0.29) is 16.8 Å². The van der Waals surface area contributed by atoms with Crippen LogP contribution in [-0.2, 0) is 0 Å². The van der Waals surface area contributed by atoms with E-state index in [4.69, 9.17) is 11.8 Å². The molecule has 1 fully saturated rings. The zero-order chi connectivity index (χ0) is 14.0. The molecule has 0 atom stereocenters. The molecule has 3 aromatic heterocycles. The third-order valence-electron chi connectivity index (χ3n) is 3.42. The highest BCUT2D eigenvalue weighted by atomic mass is 35.5. The van der Waals surface area contributed by atoms with Gasteiger partial charge in [0.15, 0.2) is 0 Å². The molecule has 0 N–H and O–H groups in total. The van der Waals surface area contributed by atoms with Gasteiger partial charge >= 0.3 is 0 Å². The van der Waals surface area contributed by atoms with Crippen molar-refractivity contribution in [2.75, 3.05) is 0 Å². The SMILES string of the molecule is O=c1c2cc(F)cnc2n(C2CC2)c2sn(Cl)c(=O)c12. The van der Waals surface area contributed by atoms with Crippen molar-refractivity contribution in [3.05, 3.63) is 38.7 Å². The van der Waals surface area contributed by atoms with E-state index < -0.39 is 16.8 Å². The summed E-state index contributed by atoms with van der Waals surface area (Å²) in [6, 6.07) is 1.31. The number of hydrogen-bond acceptors (Lipinski definition) is 4. The molecule has 4 rings (SSSR count). The Balaban J connectivity index is 2.35. The first-order chi connectivity index (χ1) is 9.58. The zero-order valence-corrected chi connectivity index (χ0v) is 11.5. The second-order valence-electron chi connectivity index (χ2n) is 4.78. The Morgan fingerprint density at radius 2 is 2.15 bits per heavy atom. The molecule has 102 valence electrons. The Morgan fingerprint density at radius 3 is 2.85 bits per heavy atom. The molecule has 0 amide bonds. The first kappa shape index (κ1) is 12.0. The molecule has 0 radical (unpaired) electrons. The van der Waals surface area contributed by atoms with E-state index in [9.17, 15) is 14.0 Å². The van der Waals surface area contributed by atoms with Gasteiger partial charge in [0, 0.05) is 17.8 Å². The quantitative estimate of drug-likeness (QED) is 0.692. The van der Waals surface area contributed by atoms with Crippen LogP contribution < -0.4 is 11.0 Å². The number of fused-ring (bicyclic) bond motifs is 2. The Bertz CT molecular complexity index is 986. The molecule has 20 heavy (non-hydrogen) atoms. The third kappa shape index (κ3) is 1.50. The van der Waals surface area contributed by atoms with Gasteiger partial charge in [0.2, 0.25) is 5.43 Å². The number of pyridine rings is 2. The number of aromatic nitrogens is 3. The van der Waals surface area contributed by atoms with Gasteiger partial charge in [-0.25, -0.2) is 9.37 Å². The van der Waals surface area contributed by atoms with Gasteiger partial charge in [-0.3, -0.25) is 9.59 Å². The van der Waals surface area contributed by atoms with Gasteiger partial charge in [0.25, 0.3) is 5.56 Å². The van der Waals surface area contributed by atoms with Crippen LogP contribution in [0.15, 0.2) is 21.9 Å². The van der Waals surface area contributed by atoms with Crippen LogP contribution in [0, 0.1) is 5.82 Å². The standard InChI is InChI=1S/C12H7ClFN3O2S/c13-17-11(19)8-9(18)7-3-5(14)4-15-10(7)16(6-1-2-6)12(8)20-17/h3-4,6H,1-2H2. The highest BCUT2D eigenvalue weighted by Gasteiger charge is 2.30. The lowest BCUT2D eigenvalue weighted by Crippen LogP contribution is -2.17. The fourth-order valence-corrected chi connectivity index (χ4v) is 3.60. The number of halogens is 2. The van der Waals surface area contributed by atoms with Crippen molar-refractivity contribution < 1.29 is 4.39 Å². The molecule has 3 heterocycles. The summed E-state index contributed by atoms with van der Waals surface area (Å²) in [5.41, 5.74) is -0.665. The maximum atomic E-state index is 13.4. The summed E-state index contributed by atoms with van der Waals surface area (Å²) >= 11 is 6.80. The second-order valence-corrected chi connectivity index (χ2v) is 6.25. The van der Waals surface area contributed by atoms with E-state index in [0.29, 0.717) is 10.5 Å². The fraction of sp³-hybridized carbons (Fsp3) is 0.250. The van der Waals surface area contributed by atoms with E-state index in [1.54, 1.807) is 0 Å². The normalized spacial score (nSPS) is 15.3. The lowest BCUT2D eigenvalue weighted by molar-refractivity contribution is 0.623. The largest absolute Gasteiger partial charge is 0.312 e. The Kier molecular flexibility index (Phi) is 2.34. The van der Waals surface area contributed by atoms with Gasteiger partial charge in [-0.05, 0) is 30.4 Å². The minimum atomic E-state index is -0.599. The molecule has 0 aliphatic heterocycles. The first-order valence-electron chi connectivity index (χ1n) is 6.00. The topological polar surface area (TPSA) is 56.9 Å². The lowest BCUT2D eigenvalue weighted by Gasteiger charge is -2.09. The van der Waals surface area contributed by atoms with Gasteiger partial charge in [-0.15, -0.1) is 0 Å². The van der Waals surface area contributed by atoms with Crippen molar-refractivity contribution >= 4 is 44.6 Å². The van der Waals surface area contributed by atoms with E-state index in [1.807, 2.05) is 4.57 Å². The maximum Gasteiger partial charge on any atom is 0.289 e. The van der Waals surface area contributed by atoms with Gasteiger partial charge < -0.3 is 4.57 Å². The number of nitrogens with zero attached hydrogens (tertiary/aromatic N) is 3. The molecule has 5 nitrogen and oxygen atoms in total. The summed E-state index contributed by atoms with van der Waals surface area (Å²) in [6.45, 7) is 0. The van der Waals surface area contributed by atoms with E-state index in [2.05, 4.69) is 4.98 Å². The third-order valence-corrected chi connectivity index (χ3v) is 4.68. The van der Waals surface area contributed by atoms with Crippen LogP contribution >= 0.6 is 23.3 Å². The van der Waals surface area contributed by atoms with Crippen LogP contribution in [0.1, 0.15) is 18.9 Å². The number of hydrogen-bond donors (Lipinski definition) is 0. The smallest absolute Gasteiger partial charge is 0.289 e. The van der Waals surface area contributed by atoms with Crippen LogP contribution in [0.4, 0.5) is 4.39 Å². The molecular formula is C12H7ClFN3O2S. The predicted molar refractivity (Wildman–Crippen MR) is 75.1 cm³/mol. The molecule has 1 saturated carbocycles. The zero-order valence-electron chi connectivity index (χ0n) is 9.97. The van der Waals surface area contributed by atoms with Gasteiger partial charge in [-0.1, -0.05) is 0 Å². The summed E-state index contributed by atoms with van der Waals surface area (Å²) in [7, 11) is 0. The predicted octanol–water partition coefficient (Wildman–Crippen LogP) is 2.25. The van der Waals surface area contributed by atoms with Crippen molar-refractivity contribution in [3.8, 4) is 0 Å². The van der Waals surface area contributed by atoms with Crippen molar-refractivity contribution in [2.24, 2.45) is 0 Å². The number of rotatable bonds is 1. The van der Waals surface area contributed by atoms with E-state index in [0.717, 1.165) is 40.1 Å². The van der Waals surface area contributed by atoms with Crippen molar-refractivity contribution in [1.29, 1.82) is 0 Å². The molecule has 1 aliphatic rings. The van der Waals surface area contributed by atoms with Crippen molar-refractivity contribution in [1.82, 2.24) is 13.0 Å². The van der Waals surface area contributed by atoms with E-state index >= 15 is 0 Å². The monoisotopic (exact) mass is 311 g/mol. The van der Waals surface area contributed by atoms with Crippen LogP contribution in [0.3, 0.4) is 0 Å². The fourth-order valence-electron chi connectivity index (χ4n) is 2.39. The van der Waals surface area contributed by atoms with Crippen LogP contribution in [0.5, 0.6) is 0 Å². The summed E-state index contributed by atoms with van der Waals surface area (Å²) in [6.07, 6.45) is 2.97. The van der Waals surface area contributed by atoms with Gasteiger partial charge in [-0.2, -0.15) is 3.48 Å². The minimum Gasteiger partial charge on any atom is -0.312 e. The van der Waals surface area contributed by atoms with E-state index in [1.165, 1.54) is 0 Å². The molecule has 1 aliphatic carbocycles. The van der Waals surface area contributed by atoms with Gasteiger partial charge in [0.05, 0.1) is 11.6 Å². The lowest BCUT2D eigenvalue weighted by atomic mass is 10.2. The summed E-state index contributed by atoms with van der Waals surface area (Å²) in [5.74, 6) is -0.599. The second kappa shape index (κ2) is 3.89. The van der Waals surface area contributed by atoms with Crippen molar-refractivity contribution in [2.45, 2.75) is 18.9 Å². The first-order valence-corrected chi connectivity index (χ1v) is 7.11. The van der Waals surface area contributed by atoms with Gasteiger partial charge in [0.1, 0.15) is 21.7 Å². The Labute approximate surface area is 120 Å². The maximum absolute atomic E-state index is 13.4. The molecule has 8 heteroatoms. The van der Waals surface area contributed by atoms with Crippen LogP contribution in [0.2, 0.25) is 0 Å². The average molecular weight is 312 g/mol. The highest BCUT2D eigenvalue weighted by Crippen LogP contribution is 2.39. The Morgan fingerprint density at radius 1 is 1.40 bits per heavy atom. The molecule has 0 spiro atoms. The molecule has 0 aromatic carbocycles. The molecular weight excluding hydrogens is 305 g/mol. The highest BCUT2D eigenvalue weighted by molar-refractivity contribution is 7.15. The van der Waals surface area contributed by atoms with Crippen LogP contribution in [0.25, 0.3) is 21.3 Å². The van der Waals surface area contributed by atoms with Crippen molar-refractivity contribution in [3.63, 3.8) is 0 Å². The van der Waals surface area contributed by atoms with Crippen LogP contribution in [-0.4, -0.2) is 13.0 Å². The molecule has 0 saturated heterocycles. The average Bonchev–Trinajstić information content (AvgIpc) is 3.19. The summed E-state index contributed by atoms with van der Waals surface area (Å²) in [5, 5.41) is 0.133. The molecule has 0 unspecified atom stereocenters. The minimum absolute atomic E-state index is 0.0109. The molecule has 3 aromatic rings. The molecule has 0 bridgehead atoms. The Hall–Kier alpha value is -1.73. The summed E-state index contributed by atoms with van der Waals surface area (Å²) in [4.78, 5) is 28.9.